The van der Waals surface area contributed by atoms with Crippen LogP contribution in [0.15, 0.2) is 39.9 Å². The Balaban J connectivity index is 1.74. The van der Waals surface area contributed by atoms with Crippen molar-refractivity contribution in [2.45, 2.75) is 13.0 Å². The second-order valence-corrected chi connectivity index (χ2v) is 6.16. The van der Waals surface area contributed by atoms with Gasteiger partial charge in [-0.15, -0.1) is 0 Å². The minimum absolute atomic E-state index is 0.281. The van der Waals surface area contributed by atoms with Crippen molar-refractivity contribution in [3.8, 4) is 0 Å². The Hall–Kier alpha value is -2.83. The van der Waals surface area contributed by atoms with E-state index < -0.39 is 0 Å². The second kappa shape index (κ2) is 5.36. The number of fused-ring (bicyclic) bond motifs is 3. The van der Waals surface area contributed by atoms with E-state index >= 15 is 0 Å². The first-order chi connectivity index (χ1) is 11.6. The van der Waals surface area contributed by atoms with Crippen LogP contribution in [0.2, 0.25) is 0 Å². The molecular weight excluding hydrogens is 306 g/mol. The zero-order chi connectivity index (χ0) is 16.8. The summed E-state index contributed by atoms with van der Waals surface area (Å²) in [5.74, 6) is 0.777. The molecule has 0 bridgehead atoms. The summed E-state index contributed by atoms with van der Waals surface area (Å²) in [5, 5.41) is 0. The number of benzene rings is 1. The number of imidazole rings is 1. The van der Waals surface area contributed by atoms with Crippen LogP contribution in [0, 0.1) is 0 Å². The molecule has 0 radical (unpaired) electrons. The van der Waals surface area contributed by atoms with Gasteiger partial charge in [-0.1, -0.05) is 30.3 Å². The molecule has 0 fully saturated rings. The van der Waals surface area contributed by atoms with Crippen LogP contribution in [0.25, 0.3) is 11.2 Å². The highest BCUT2D eigenvalue weighted by Crippen LogP contribution is 2.24. The number of rotatable bonds is 3. The van der Waals surface area contributed by atoms with Crippen molar-refractivity contribution in [2.75, 3.05) is 18.0 Å². The topological polar surface area (TPSA) is 65.1 Å². The highest BCUT2D eigenvalue weighted by Gasteiger charge is 2.26. The van der Waals surface area contributed by atoms with Gasteiger partial charge in [-0.2, -0.15) is 4.98 Å². The maximum atomic E-state index is 12.5. The highest BCUT2D eigenvalue weighted by atomic mass is 16.2. The standard InChI is InChI=1S/C17H19N5O2/c1-19-14-13(15(23)20(2)17(19)24)22-11-10-21(16(22)18-14)9-8-12-6-4-3-5-7-12/h3-7H,8-11H2,1-2H3. The third-order valence-corrected chi connectivity index (χ3v) is 4.72. The molecular formula is C17H19N5O2. The van der Waals surface area contributed by atoms with Crippen LogP contribution in [0.4, 0.5) is 5.95 Å². The summed E-state index contributed by atoms with van der Waals surface area (Å²) in [5.41, 5.74) is 1.62. The van der Waals surface area contributed by atoms with Crippen LogP contribution in [0.1, 0.15) is 5.56 Å². The van der Waals surface area contributed by atoms with Crippen LogP contribution in [0.3, 0.4) is 0 Å². The highest BCUT2D eigenvalue weighted by molar-refractivity contribution is 5.75. The third kappa shape index (κ3) is 2.08. The van der Waals surface area contributed by atoms with E-state index in [0.29, 0.717) is 17.7 Å². The molecule has 7 heteroatoms. The molecule has 124 valence electrons. The molecule has 1 aliphatic rings. The first-order valence-corrected chi connectivity index (χ1v) is 8.03. The Bertz CT molecular complexity index is 1030. The van der Waals surface area contributed by atoms with Gasteiger partial charge in [0.05, 0.1) is 0 Å². The van der Waals surface area contributed by atoms with Gasteiger partial charge in [-0.05, 0) is 12.0 Å². The van der Waals surface area contributed by atoms with Crippen molar-refractivity contribution in [1.82, 2.24) is 18.7 Å². The lowest BCUT2D eigenvalue weighted by atomic mass is 10.1. The van der Waals surface area contributed by atoms with E-state index in [-0.39, 0.29) is 11.2 Å². The molecule has 2 aromatic heterocycles. The molecule has 0 unspecified atom stereocenters. The van der Waals surface area contributed by atoms with Gasteiger partial charge in [0.2, 0.25) is 5.95 Å². The molecule has 1 aromatic carbocycles. The van der Waals surface area contributed by atoms with E-state index in [2.05, 4.69) is 22.0 Å². The molecule has 0 aliphatic carbocycles. The lowest BCUT2D eigenvalue weighted by Crippen LogP contribution is -2.37. The number of aryl methyl sites for hydroxylation is 1. The SMILES string of the molecule is Cn1c(=O)c2c(nc3n2CCN3CCc2ccccc2)n(C)c1=O. The largest absolute Gasteiger partial charge is 0.340 e. The average Bonchev–Trinajstić information content (AvgIpc) is 3.16. The molecule has 0 atom stereocenters. The molecule has 0 amide bonds. The number of aromatic nitrogens is 4. The lowest BCUT2D eigenvalue weighted by molar-refractivity contribution is 0.698. The van der Waals surface area contributed by atoms with E-state index in [1.54, 1.807) is 7.05 Å². The van der Waals surface area contributed by atoms with Gasteiger partial charge in [-0.3, -0.25) is 13.9 Å². The van der Waals surface area contributed by atoms with E-state index in [4.69, 9.17) is 0 Å². The molecule has 3 aromatic rings. The van der Waals surface area contributed by atoms with Gasteiger partial charge >= 0.3 is 5.69 Å². The molecule has 0 saturated carbocycles. The summed E-state index contributed by atoms with van der Waals surface area (Å²) in [6.45, 7) is 2.38. The van der Waals surface area contributed by atoms with Crippen LogP contribution < -0.4 is 16.1 Å². The Kier molecular flexibility index (Phi) is 3.30. The molecule has 24 heavy (non-hydrogen) atoms. The van der Waals surface area contributed by atoms with Gasteiger partial charge in [0.15, 0.2) is 11.2 Å². The first kappa shape index (κ1) is 14.7. The van der Waals surface area contributed by atoms with Crippen LogP contribution in [-0.4, -0.2) is 31.8 Å². The maximum Gasteiger partial charge on any atom is 0.332 e. The van der Waals surface area contributed by atoms with Gasteiger partial charge in [0, 0.05) is 33.7 Å². The normalized spacial score (nSPS) is 13.7. The molecule has 1 aliphatic heterocycles. The van der Waals surface area contributed by atoms with Crippen LogP contribution >= 0.6 is 0 Å². The number of anilines is 1. The Morgan fingerprint density at radius 2 is 1.79 bits per heavy atom. The fourth-order valence-corrected chi connectivity index (χ4v) is 3.33. The van der Waals surface area contributed by atoms with Crippen LogP contribution in [-0.2, 0) is 27.1 Å². The maximum absolute atomic E-state index is 12.5. The van der Waals surface area contributed by atoms with Crippen molar-refractivity contribution >= 4 is 17.1 Å². The summed E-state index contributed by atoms with van der Waals surface area (Å²) in [6, 6.07) is 10.3. The van der Waals surface area contributed by atoms with E-state index in [1.165, 1.54) is 17.2 Å². The Morgan fingerprint density at radius 3 is 2.54 bits per heavy atom. The molecule has 3 heterocycles. The minimum Gasteiger partial charge on any atom is -0.340 e. The summed E-state index contributed by atoms with van der Waals surface area (Å²) >= 11 is 0. The second-order valence-electron chi connectivity index (χ2n) is 6.16. The van der Waals surface area contributed by atoms with Gasteiger partial charge < -0.3 is 9.47 Å². The van der Waals surface area contributed by atoms with Gasteiger partial charge in [0.1, 0.15) is 0 Å². The minimum atomic E-state index is -0.347. The van der Waals surface area contributed by atoms with Crippen molar-refractivity contribution in [2.24, 2.45) is 14.1 Å². The predicted octanol–water partition coefficient (Wildman–Crippen LogP) is 0.496. The number of nitrogens with zero attached hydrogens (tertiary/aromatic N) is 5. The van der Waals surface area contributed by atoms with Gasteiger partial charge in [0.25, 0.3) is 5.56 Å². The molecule has 7 nitrogen and oxygen atoms in total. The fourth-order valence-electron chi connectivity index (χ4n) is 3.33. The number of hydrogen-bond donors (Lipinski definition) is 0. The van der Waals surface area contributed by atoms with E-state index in [1.807, 2.05) is 22.8 Å². The predicted molar refractivity (Wildman–Crippen MR) is 92.6 cm³/mol. The third-order valence-electron chi connectivity index (χ3n) is 4.72. The summed E-state index contributed by atoms with van der Waals surface area (Å²) in [6.07, 6.45) is 0.918. The van der Waals surface area contributed by atoms with Gasteiger partial charge in [-0.25, -0.2) is 4.79 Å². The molecule has 0 saturated heterocycles. The number of hydrogen-bond acceptors (Lipinski definition) is 4. The van der Waals surface area contributed by atoms with E-state index in [9.17, 15) is 9.59 Å². The average molecular weight is 325 g/mol. The monoisotopic (exact) mass is 325 g/mol. The quantitative estimate of drug-likeness (QED) is 0.703. The lowest BCUT2D eigenvalue weighted by Gasteiger charge is -2.15. The van der Waals surface area contributed by atoms with Crippen LogP contribution in [0.5, 0.6) is 0 Å². The zero-order valence-corrected chi connectivity index (χ0v) is 13.8. The summed E-state index contributed by atoms with van der Waals surface area (Å²) in [7, 11) is 3.16. The van der Waals surface area contributed by atoms with Crippen molar-refractivity contribution < 1.29 is 0 Å². The summed E-state index contributed by atoms with van der Waals surface area (Å²) < 4.78 is 4.52. The smallest absolute Gasteiger partial charge is 0.332 e. The van der Waals surface area contributed by atoms with Crippen molar-refractivity contribution in [3.05, 3.63) is 56.7 Å². The first-order valence-electron chi connectivity index (χ1n) is 8.03. The fraction of sp³-hybridized carbons (Fsp3) is 0.353. The molecule has 0 N–H and O–H groups in total. The summed E-state index contributed by atoms with van der Waals surface area (Å²) in [4.78, 5) is 31.3. The Morgan fingerprint density at radius 1 is 1.04 bits per heavy atom. The molecule has 0 spiro atoms. The Labute approximate surface area is 138 Å². The molecule has 4 rings (SSSR count). The zero-order valence-electron chi connectivity index (χ0n) is 13.8. The van der Waals surface area contributed by atoms with E-state index in [0.717, 1.165) is 30.0 Å². The van der Waals surface area contributed by atoms with Crippen molar-refractivity contribution in [3.63, 3.8) is 0 Å². The van der Waals surface area contributed by atoms with Crippen molar-refractivity contribution in [1.29, 1.82) is 0 Å².